The smallest absolute Gasteiger partial charge is 0.261 e. The molecule has 2 rings (SSSR count). The lowest BCUT2D eigenvalue weighted by atomic mass is 10.1. The Labute approximate surface area is 140 Å². The molecule has 1 aromatic heterocycles. The summed E-state index contributed by atoms with van der Waals surface area (Å²) < 4.78 is 5.76. The van der Waals surface area contributed by atoms with E-state index in [0.717, 1.165) is 12.0 Å². The molecule has 0 aliphatic heterocycles. The third kappa shape index (κ3) is 5.30. The first kappa shape index (κ1) is 17.4. The minimum Gasteiger partial charge on any atom is -0.374 e. The van der Waals surface area contributed by atoms with E-state index in [1.807, 2.05) is 37.3 Å². The highest BCUT2D eigenvalue weighted by Gasteiger charge is 2.11. The van der Waals surface area contributed by atoms with E-state index in [9.17, 15) is 9.59 Å². The summed E-state index contributed by atoms with van der Waals surface area (Å²) in [7, 11) is 0. The summed E-state index contributed by atoms with van der Waals surface area (Å²) >= 11 is 1.22. The molecule has 23 heavy (non-hydrogen) atoms. The molecule has 4 nitrogen and oxygen atoms in total. The van der Waals surface area contributed by atoms with Gasteiger partial charge in [0, 0.05) is 13.2 Å². The molecule has 1 aromatic carbocycles. The molecule has 0 aliphatic carbocycles. The van der Waals surface area contributed by atoms with Gasteiger partial charge in [-0.3, -0.25) is 9.59 Å². The van der Waals surface area contributed by atoms with Crippen LogP contribution in [-0.2, 0) is 4.74 Å². The number of ether oxygens (including phenoxy) is 1. The van der Waals surface area contributed by atoms with Crippen molar-refractivity contribution in [3.05, 3.63) is 57.8 Å². The van der Waals surface area contributed by atoms with Crippen LogP contribution < -0.4 is 5.32 Å². The van der Waals surface area contributed by atoms with Crippen molar-refractivity contribution in [2.75, 3.05) is 13.2 Å². The molecule has 0 saturated carbocycles. The van der Waals surface area contributed by atoms with Gasteiger partial charge in [-0.05, 0) is 38.0 Å². The van der Waals surface area contributed by atoms with E-state index in [1.54, 1.807) is 12.1 Å². The van der Waals surface area contributed by atoms with Crippen molar-refractivity contribution in [2.45, 2.75) is 26.4 Å². The molecule has 1 heterocycles. The molecule has 2 aromatic rings. The summed E-state index contributed by atoms with van der Waals surface area (Å²) in [5.41, 5.74) is 1.15. The highest BCUT2D eigenvalue weighted by molar-refractivity contribution is 7.15. The molecule has 0 bridgehead atoms. The second-order valence-electron chi connectivity index (χ2n) is 5.25. The Morgan fingerprint density at radius 1 is 1.13 bits per heavy atom. The van der Waals surface area contributed by atoms with Crippen LogP contribution in [0.15, 0.2) is 42.5 Å². The maximum atomic E-state index is 11.9. The van der Waals surface area contributed by atoms with Crippen LogP contribution in [0.5, 0.6) is 0 Å². The van der Waals surface area contributed by atoms with E-state index < -0.39 is 0 Å². The van der Waals surface area contributed by atoms with E-state index in [-0.39, 0.29) is 17.8 Å². The molecular formula is C18H21NO3S. The highest BCUT2D eigenvalue weighted by Crippen LogP contribution is 2.17. The minimum absolute atomic E-state index is 0.0163. The predicted molar refractivity (Wildman–Crippen MR) is 92.1 cm³/mol. The van der Waals surface area contributed by atoms with Gasteiger partial charge in [-0.25, -0.2) is 0 Å². The first-order chi connectivity index (χ1) is 11.1. The van der Waals surface area contributed by atoms with Crippen molar-refractivity contribution in [1.82, 2.24) is 5.32 Å². The largest absolute Gasteiger partial charge is 0.374 e. The fourth-order valence-corrected chi connectivity index (χ4v) is 2.91. The molecule has 5 heteroatoms. The number of rotatable bonds is 8. The highest BCUT2D eigenvalue weighted by atomic mass is 32.1. The van der Waals surface area contributed by atoms with Crippen LogP contribution in [0.3, 0.4) is 0 Å². The molecule has 0 fully saturated rings. The normalized spacial score (nSPS) is 11.9. The molecular weight excluding hydrogens is 310 g/mol. The van der Waals surface area contributed by atoms with Gasteiger partial charge in [-0.1, -0.05) is 30.3 Å². The van der Waals surface area contributed by atoms with Crippen molar-refractivity contribution >= 4 is 23.0 Å². The Morgan fingerprint density at radius 2 is 1.83 bits per heavy atom. The summed E-state index contributed by atoms with van der Waals surface area (Å²) in [6.07, 6.45) is 0.788. The van der Waals surface area contributed by atoms with E-state index in [1.165, 1.54) is 18.3 Å². The molecule has 0 radical (unpaired) electrons. The minimum atomic E-state index is -0.140. The van der Waals surface area contributed by atoms with Crippen molar-refractivity contribution in [3.63, 3.8) is 0 Å². The van der Waals surface area contributed by atoms with Gasteiger partial charge in [0.05, 0.1) is 15.9 Å². The van der Waals surface area contributed by atoms with Crippen LogP contribution in [0.2, 0.25) is 0 Å². The fourth-order valence-electron chi connectivity index (χ4n) is 2.09. The molecule has 122 valence electrons. The Kier molecular flexibility index (Phi) is 6.50. The van der Waals surface area contributed by atoms with Crippen molar-refractivity contribution in [2.24, 2.45) is 0 Å². The molecule has 1 N–H and O–H groups in total. The maximum Gasteiger partial charge on any atom is 0.261 e. The van der Waals surface area contributed by atoms with E-state index in [4.69, 9.17) is 4.74 Å². The predicted octanol–water partition coefficient (Wildman–Crippen LogP) is 3.85. The number of carbonyl (C=O) groups is 2. The standard InChI is InChI=1S/C18H21NO3S/c1-13(20)16-9-10-17(23-16)18(21)19-11-6-12-22-14(2)15-7-4-3-5-8-15/h3-5,7-10,14H,6,11-12H2,1-2H3,(H,19,21). The van der Waals surface area contributed by atoms with Gasteiger partial charge in [0.25, 0.3) is 5.91 Å². The molecule has 1 atom stereocenters. The summed E-state index contributed by atoms with van der Waals surface area (Å²) in [6.45, 7) is 4.65. The molecule has 1 unspecified atom stereocenters. The zero-order valence-electron chi connectivity index (χ0n) is 13.4. The van der Waals surface area contributed by atoms with Gasteiger partial charge in [0.2, 0.25) is 0 Å². The summed E-state index contributed by atoms with van der Waals surface area (Å²) in [5, 5.41) is 2.84. The van der Waals surface area contributed by atoms with Crippen molar-refractivity contribution in [3.8, 4) is 0 Å². The van der Waals surface area contributed by atoms with Gasteiger partial charge in [-0.15, -0.1) is 11.3 Å². The Hall–Kier alpha value is -1.98. The summed E-state index contributed by atoms with van der Waals surface area (Å²) in [5.74, 6) is -0.157. The first-order valence-electron chi connectivity index (χ1n) is 7.63. The van der Waals surface area contributed by atoms with Gasteiger partial charge in [-0.2, -0.15) is 0 Å². The maximum absolute atomic E-state index is 11.9. The Morgan fingerprint density at radius 3 is 2.48 bits per heavy atom. The van der Waals surface area contributed by atoms with Gasteiger partial charge >= 0.3 is 0 Å². The number of amides is 1. The lowest BCUT2D eigenvalue weighted by Gasteiger charge is -2.13. The lowest BCUT2D eigenvalue weighted by Crippen LogP contribution is -2.24. The van der Waals surface area contributed by atoms with E-state index in [2.05, 4.69) is 5.32 Å². The number of ketones is 1. The van der Waals surface area contributed by atoms with Crippen LogP contribution in [0, 0.1) is 0 Å². The average Bonchev–Trinajstić information content (AvgIpc) is 3.05. The zero-order chi connectivity index (χ0) is 16.7. The summed E-state index contributed by atoms with van der Waals surface area (Å²) in [6, 6.07) is 13.4. The van der Waals surface area contributed by atoms with Crippen LogP contribution in [-0.4, -0.2) is 24.8 Å². The number of nitrogens with one attached hydrogen (secondary N) is 1. The fraction of sp³-hybridized carbons (Fsp3) is 0.333. The molecule has 1 amide bonds. The van der Waals surface area contributed by atoms with E-state index in [0.29, 0.717) is 22.9 Å². The Bertz CT molecular complexity index is 651. The number of hydrogen-bond acceptors (Lipinski definition) is 4. The number of Topliss-reactive ketones (excluding diaryl/α,β-unsaturated/α-hetero) is 1. The zero-order valence-corrected chi connectivity index (χ0v) is 14.2. The van der Waals surface area contributed by atoms with E-state index >= 15 is 0 Å². The number of hydrogen-bond donors (Lipinski definition) is 1. The van der Waals surface area contributed by atoms with Crippen LogP contribution in [0.1, 0.15) is 51.3 Å². The van der Waals surface area contributed by atoms with Gasteiger partial charge in [0.1, 0.15) is 0 Å². The number of carbonyl (C=O) groups excluding carboxylic acids is 2. The first-order valence-corrected chi connectivity index (χ1v) is 8.45. The van der Waals surface area contributed by atoms with Crippen LogP contribution in [0.4, 0.5) is 0 Å². The van der Waals surface area contributed by atoms with Gasteiger partial charge in [0.15, 0.2) is 5.78 Å². The number of thiophene rings is 1. The quantitative estimate of drug-likeness (QED) is 0.590. The summed E-state index contributed by atoms with van der Waals surface area (Å²) in [4.78, 5) is 24.3. The Balaban J connectivity index is 1.67. The number of benzene rings is 1. The third-order valence-electron chi connectivity index (χ3n) is 3.42. The SMILES string of the molecule is CC(=O)c1ccc(C(=O)NCCCOC(C)c2ccccc2)s1. The third-order valence-corrected chi connectivity index (χ3v) is 4.61. The topological polar surface area (TPSA) is 55.4 Å². The van der Waals surface area contributed by atoms with Crippen LogP contribution in [0.25, 0.3) is 0 Å². The van der Waals surface area contributed by atoms with Crippen molar-refractivity contribution < 1.29 is 14.3 Å². The average molecular weight is 331 g/mol. The monoisotopic (exact) mass is 331 g/mol. The van der Waals surface area contributed by atoms with Gasteiger partial charge < -0.3 is 10.1 Å². The molecule has 0 aliphatic rings. The van der Waals surface area contributed by atoms with Crippen LogP contribution >= 0.6 is 11.3 Å². The second kappa shape index (κ2) is 8.60. The van der Waals surface area contributed by atoms with Crippen molar-refractivity contribution in [1.29, 1.82) is 0 Å². The lowest BCUT2D eigenvalue weighted by molar-refractivity contribution is 0.0635. The molecule has 0 saturated heterocycles. The molecule has 0 spiro atoms. The second-order valence-corrected chi connectivity index (χ2v) is 6.34.